The number of likely N-dealkylation sites (tertiary alicyclic amines) is 1. The summed E-state index contributed by atoms with van der Waals surface area (Å²) >= 11 is 0. The predicted octanol–water partition coefficient (Wildman–Crippen LogP) is 2.32. The van der Waals surface area contributed by atoms with E-state index >= 15 is 0 Å². The zero-order valence-electron chi connectivity index (χ0n) is 14.6. The minimum absolute atomic E-state index is 0.203. The Kier molecular flexibility index (Phi) is 5.88. The van der Waals surface area contributed by atoms with Crippen molar-refractivity contribution in [2.24, 2.45) is 7.05 Å². The molecule has 0 bridgehead atoms. The Morgan fingerprint density at radius 1 is 1.16 bits per heavy atom. The summed E-state index contributed by atoms with van der Waals surface area (Å²) in [6, 6.07) is 9.55. The number of aryl methyl sites for hydroxylation is 1. The number of rotatable bonds is 7. The summed E-state index contributed by atoms with van der Waals surface area (Å²) in [5.41, 5.74) is 0.993. The smallest absolute Gasteiger partial charge is 0.244 e. The fraction of sp³-hybridized carbons (Fsp3) is 0.500. The minimum atomic E-state index is -3.59. The standard InChI is InChI=1S/C18H26N4O2S/c1-21-15-17(14-19-21)25(23,24)20-18(16-8-4-2-5-9-16)10-13-22-11-6-3-7-12-22/h2,4-5,8-9,14-15,18,20H,3,6-7,10-13H2,1H3. The molecule has 1 fully saturated rings. The van der Waals surface area contributed by atoms with Gasteiger partial charge < -0.3 is 4.90 Å². The number of hydrogen-bond donors (Lipinski definition) is 1. The first-order chi connectivity index (χ1) is 12.0. The van der Waals surface area contributed by atoms with Crippen LogP contribution in [0.1, 0.15) is 37.3 Å². The van der Waals surface area contributed by atoms with Gasteiger partial charge >= 0.3 is 0 Å². The normalized spacial score (nSPS) is 17.5. The molecule has 1 atom stereocenters. The molecule has 3 rings (SSSR count). The summed E-state index contributed by atoms with van der Waals surface area (Å²) in [6.07, 6.45) is 7.43. The number of piperidine rings is 1. The fourth-order valence-corrected chi connectivity index (χ4v) is 4.51. The maximum Gasteiger partial charge on any atom is 0.244 e. The zero-order chi connectivity index (χ0) is 17.7. The minimum Gasteiger partial charge on any atom is -0.303 e. The van der Waals surface area contributed by atoms with Gasteiger partial charge in [-0.1, -0.05) is 36.8 Å². The molecule has 1 N–H and O–H groups in total. The lowest BCUT2D eigenvalue weighted by atomic mass is 10.0. The number of aromatic nitrogens is 2. The Balaban J connectivity index is 1.74. The van der Waals surface area contributed by atoms with Gasteiger partial charge in [0.25, 0.3) is 0 Å². The lowest BCUT2D eigenvalue weighted by Crippen LogP contribution is -2.35. The van der Waals surface area contributed by atoms with Crippen molar-refractivity contribution < 1.29 is 8.42 Å². The molecule has 1 unspecified atom stereocenters. The Morgan fingerprint density at radius 2 is 1.88 bits per heavy atom. The SMILES string of the molecule is Cn1cc(S(=O)(=O)NC(CCN2CCCCC2)c2ccccc2)cn1. The summed E-state index contributed by atoms with van der Waals surface area (Å²) in [5, 5.41) is 3.97. The molecule has 1 aromatic carbocycles. The van der Waals surface area contributed by atoms with E-state index in [0.717, 1.165) is 31.6 Å². The van der Waals surface area contributed by atoms with Crippen LogP contribution in [0.5, 0.6) is 0 Å². The Bertz CT molecular complexity index is 767. The van der Waals surface area contributed by atoms with Crippen LogP contribution in [-0.4, -0.2) is 42.7 Å². The second-order valence-electron chi connectivity index (χ2n) is 6.63. The third kappa shape index (κ3) is 4.90. The fourth-order valence-electron chi connectivity index (χ4n) is 3.27. The van der Waals surface area contributed by atoms with Crippen molar-refractivity contribution in [1.82, 2.24) is 19.4 Å². The van der Waals surface area contributed by atoms with Crippen LogP contribution in [0.2, 0.25) is 0 Å². The highest BCUT2D eigenvalue weighted by molar-refractivity contribution is 7.89. The maximum absolute atomic E-state index is 12.7. The summed E-state index contributed by atoms with van der Waals surface area (Å²) in [7, 11) is -1.88. The highest BCUT2D eigenvalue weighted by Gasteiger charge is 2.23. The molecule has 1 aromatic heterocycles. The molecular weight excluding hydrogens is 336 g/mol. The molecule has 2 aromatic rings. The van der Waals surface area contributed by atoms with Crippen molar-refractivity contribution in [3.05, 3.63) is 48.3 Å². The van der Waals surface area contributed by atoms with Gasteiger partial charge in [-0.15, -0.1) is 0 Å². The first-order valence-electron chi connectivity index (χ1n) is 8.83. The lowest BCUT2D eigenvalue weighted by molar-refractivity contribution is 0.219. The largest absolute Gasteiger partial charge is 0.303 e. The van der Waals surface area contributed by atoms with Gasteiger partial charge in [0, 0.05) is 19.3 Å². The highest BCUT2D eigenvalue weighted by Crippen LogP contribution is 2.21. The summed E-state index contributed by atoms with van der Waals surface area (Å²) < 4.78 is 29.8. The van der Waals surface area contributed by atoms with Gasteiger partial charge in [0.2, 0.25) is 10.0 Å². The molecule has 0 radical (unpaired) electrons. The van der Waals surface area contributed by atoms with Crippen molar-refractivity contribution >= 4 is 10.0 Å². The average Bonchev–Trinajstić information content (AvgIpc) is 3.08. The van der Waals surface area contributed by atoms with Crippen LogP contribution in [0, 0.1) is 0 Å². The van der Waals surface area contributed by atoms with Gasteiger partial charge in [0.1, 0.15) is 4.90 Å². The summed E-state index contributed by atoms with van der Waals surface area (Å²) in [4.78, 5) is 2.63. The summed E-state index contributed by atoms with van der Waals surface area (Å²) in [6.45, 7) is 3.11. The van der Waals surface area contributed by atoms with Gasteiger partial charge in [0.15, 0.2) is 0 Å². The van der Waals surface area contributed by atoms with Gasteiger partial charge in [-0.3, -0.25) is 4.68 Å². The molecule has 1 aliphatic rings. The predicted molar refractivity (Wildman–Crippen MR) is 97.6 cm³/mol. The van der Waals surface area contributed by atoms with Crippen molar-refractivity contribution in [3.63, 3.8) is 0 Å². The monoisotopic (exact) mass is 362 g/mol. The zero-order valence-corrected chi connectivity index (χ0v) is 15.5. The molecule has 1 aliphatic heterocycles. The van der Waals surface area contributed by atoms with Crippen molar-refractivity contribution in [1.29, 1.82) is 0 Å². The van der Waals surface area contributed by atoms with Crippen LogP contribution in [-0.2, 0) is 17.1 Å². The van der Waals surface area contributed by atoms with E-state index in [1.165, 1.54) is 36.3 Å². The van der Waals surface area contributed by atoms with Crippen molar-refractivity contribution in [3.8, 4) is 0 Å². The molecule has 0 aliphatic carbocycles. The third-order valence-electron chi connectivity index (χ3n) is 4.67. The molecule has 0 amide bonds. The van der Waals surface area contributed by atoms with Crippen LogP contribution < -0.4 is 4.72 Å². The lowest BCUT2D eigenvalue weighted by Gasteiger charge is -2.28. The average molecular weight is 362 g/mol. The highest BCUT2D eigenvalue weighted by atomic mass is 32.2. The van der Waals surface area contributed by atoms with Crippen molar-refractivity contribution in [2.45, 2.75) is 36.6 Å². The molecular formula is C18H26N4O2S. The van der Waals surface area contributed by atoms with Crippen LogP contribution in [0.4, 0.5) is 0 Å². The van der Waals surface area contributed by atoms with Gasteiger partial charge in [0.05, 0.1) is 6.20 Å². The molecule has 2 heterocycles. The molecule has 136 valence electrons. The van der Waals surface area contributed by atoms with E-state index in [0.29, 0.717) is 0 Å². The Labute approximate surface area is 149 Å². The van der Waals surface area contributed by atoms with Crippen molar-refractivity contribution in [2.75, 3.05) is 19.6 Å². The second-order valence-corrected chi connectivity index (χ2v) is 8.34. The quantitative estimate of drug-likeness (QED) is 0.821. The van der Waals surface area contributed by atoms with E-state index in [1.54, 1.807) is 7.05 Å². The molecule has 6 nitrogen and oxygen atoms in total. The third-order valence-corrected chi connectivity index (χ3v) is 6.10. The second kappa shape index (κ2) is 8.12. The van der Waals surface area contributed by atoms with E-state index in [9.17, 15) is 8.42 Å². The first-order valence-corrected chi connectivity index (χ1v) is 10.3. The van der Waals surface area contributed by atoms with Gasteiger partial charge in [-0.25, -0.2) is 13.1 Å². The summed E-state index contributed by atoms with van der Waals surface area (Å²) in [5.74, 6) is 0. The van der Waals surface area contributed by atoms with E-state index in [2.05, 4.69) is 14.7 Å². The van der Waals surface area contributed by atoms with E-state index in [-0.39, 0.29) is 10.9 Å². The topological polar surface area (TPSA) is 67.2 Å². The number of sulfonamides is 1. The van der Waals surface area contributed by atoms with Gasteiger partial charge in [-0.2, -0.15) is 5.10 Å². The number of nitrogens with one attached hydrogen (secondary N) is 1. The van der Waals surface area contributed by atoms with E-state index < -0.39 is 10.0 Å². The van der Waals surface area contributed by atoms with E-state index in [4.69, 9.17) is 0 Å². The number of hydrogen-bond acceptors (Lipinski definition) is 4. The van der Waals surface area contributed by atoms with Crippen LogP contribution in [0.25, 0.3) is 0 Å². The van der Waals surface area contributed by atoms with Crippen LogP contribution in [0.15, 0.2) is 47.6 Å². The maximum atomic E-state index is 12.7. The Hall–Kier alpha value is -1.70. The Morgan fingerprint density at radius 3 is 2.52 bits per heavy atom. The molecule has 7 heteroatoms. The van der Waals surface area contributed by atoms with Crippen LogP contribution >= 0.6 is 0 Å². The van der Waals surface area contributed by atoms with Crippen LogP contribution in [0.3, 0.4) is 0 Å². The first kappa shape index (κ1) is 18.1. The molecule has 0 spiro atoms. The number of benzene rings is 1. The number of nitrogens with zero attached hydrogens (tertiary/aromatic N) is 3. The molecule has 25 heavy (non-hydrogen) atoms. The molecule has 0 saturated carbocycles. The van der Waals surface area contributed by atoms with E-state index in [1.807, 2.05) is 30.3 Å². The van der Waals surface area contributed by atoms with Gasteiger partial charge in [-0.05, 0) is 44.5 Å². The molecule has 1 saturated heterocycles.